The molecule has 3 heterocycles. The van der Waals surface area contributed by atoms with Crippen molar-refractivity contribution in [3.8, 4) is 23.7 Å². The number of amides is 3. The van der Waals surface area contributed by atoms with Crippen LogP contribution < -0.4 is 16.0 Å². The van der Waals surface area contributed by atoms with Crippen LogP contribution in [0.15, 0.2) is 89.4 Å². The van der Waals surface area contributed by atoms with Gasteiger partial charge in [0, 0.05) is 54.7 Å². The molecule has 0 atom stereocenters. The molecule has 55 heavy (non-hydrogen) atoms. The number of hydrogen-bond acceptors (Lipinski definition) is 7. The van der Waals surface area contributed by atoms with Crippen molar-refractivity contribution in [3.05, 3.63) is 114 Å². The summed E-state index contributed by atoms with van der Waals surface area (Å²) >= 11 is 0. The minimum absolute atomic E-state index is 0.0617. The number of urea groups is 1. The third-order valence-electron chi connectivity index (χ3n) is 7.86. The summed E-state index contributed by atoms with van der Waals surface area (Å²) in [4.78, 5) is 36.6. The Morgan fingerprint density at radius 3 is 1.87 bits per heavy atom. The van der Waals surface area contributed by atoms with Gasteiger partial charge < -0.3 is 10.6 Å². The lowest BCUT2D eigenvalue weighted by Crippen LogP contribution is -2.29. The number of pyridine rings is 3. The molecule has 14 heteroatoms. The summed E-state index contributed by atoms with van der Waals surface area (Å²) in [6, 6.07) is 16.0. The Balaban J connectivity index is 1.01. The number of halogens is 4. The second-order valence-electron chi connectivity index (χ2n) is 12.1. The summed E-state index contributed by atoms with van der Waals surface area (Å²) in [6.45, 7) is 0.460. The third kappa shape index (κ3) is 12.8. The van der Waals surface area contributed by atoms with Crippen LogP contribution in [0.5, 0.6) is 0 Å². The molecular weight excluding hydrogens is 712 g/mol. The van der Waals surface area contributed by atoms with Gasteiger partial charge in [0.25, 0.3) is 0 Å². The lowest BCUT2D eigenvalue weighted by atomic mass is 10.1. The monoisotopic (exact) mass is 748 g/mol. The number of unbranched alkanes of at least 4 members (excludes halogenated alkanes) is 6. The molecule has 5 aromatic rings. The summed E-state index contributed by atoms with van der Waals surface area (Å²) in [6.07, 6.45) is 8.62. The number of azo groups is 1. The van der Waals surface area contributed by atoms with E-state index in [0.717, 1.165) is 36.1 Å². The molecule has 5 rings (SSSR count). The van der Waals surface area contributed by atoms with Crippen LogP contribution in [0.2, 0.25) is 0 Å². The minimum atomic E-state index is -1.09. The molecule has 0 saturated carbocycles. The van der Waals surface area contributed by atoms with Gasteiger partial charge in [-0.25, -0.2) is 37.3 Å². The van der Waals surface area contributed by atoms with E-state index in [1.165, 1.54) is 0 Å². The SMILES string of the molecule is O=C(CCCCCC#Cc1cc(F)c(N=Nc2c(F)cc(C#CCCCCCNC(=O)Nc3ccccn3)cc2F)c(F)c1)Nc1ccc2cccnc2n1. The molecule has 3 N–H and O–H groups in total. The highest BCUT2D eigenvalue weighted by Gasteiger charge is 2.14. The van der Waals surface area contributed by atoms with Crippen molar-refractivity contribution in [2.45, 2.75) is 57.8 Å². The van der Waals surface area contributed by atoms with Gasteiger partial charge in [-0.1, -0.05) is 42.6 Å². The molecule has 280 valence electrons. The van der Waals surface area contributed by atoms with Gasteiger partial charge in [0.1, 0.15) is 11.6 Å². The highest BCUT2D eigenvalue weighted by atomic mass is 19.1. The van der Waals surface area contributed by atoms with Gasteiger partial charge in [-0.2, -0.15) is 0 Å². The fourth-order valence-corrected chi connectivity index (χ4v) is 5.11. The van der Waals surface area contributed by atoms with Gasteiger partial charge in [-0.15, -0.1) is 10.2 Å². The second-order valence-corrected chi connectivity index (χ2v) is 12.1. The van der Waals surface area contributed by atoms with Gasteiger partial charge >= 0.3 is 6.03 Å². The first kappa shape index (κ1) is 39.5. The van der Waals surface area contributed by atoms with Crippen molar-refractivity contribution in [3.63, 3.8) is 0 Å². The van der Waals surface area contributed by atoms with Crippen molar-refractivity contribution in [2.75, 3.05) is 17.2 Å². The molecule has 3 aromatic heterocycles. The molecule has 0 radical (unpaired) electrons. The molecule has 0 aliphatic carbocycles. The molecule has 0 aliphatic rings. The van der Waals surface area contributed by atoms with Crippen molar-refractivity contribution in [1.29, 1.82) is 0 Å². The Bertz CT molecular complexity index is 2240. The van der Waals surface area contributed by atoms with Crippen LogP contribution in [0, 0.1) is 47.0 Å². The van der Waals surface area contributed by atoms with E-state index in [9.17, 15) is 27.2 Å². The number of fused-ring (bicyclic) bond motifs is 1. The number of nitrogens with one attached hydrogen (secondary N) is 3. The average molecular weight is 749 g/mol. The van der Waals surface area contributed by atoms with Crippen LogP contribution in [0.4, 0.5) is 45.4 Å². The van der Waals surface area contributed by atoms with Gasteiger partial charge in [0.15, 0.2) is 40.3 Å². The number of anilines is 2. The fourth-order valence-electron chi connectivity index (χ4n) is 5.11. The number of carbonyl (C=O) groups excluding carboxylic acids is 2. The number of benzene rings is 2. The summed E-state index contributed by atoms with van der Waals surface area (Å²) in [5.41, 5.74) is -0.949. The highest BCUT2D eigenvalue weighted by molar-refractivity contribution is 5.91. The maximum atomic E-state index is 14.7. The second kappa shape index (κ2) is 20.5. The van der Waals surface area contributed by atoms with Gasteiger partial charge in [0.05, 0.1) is 0 Å². The predicted molar refractivity (Wildman–Crippen MR) is 202 cm³/mol. The van der Waals surface area contributed by atoms with Crippen molar-refractivity contribution < 1.29 is 27.2 Å². The molecular formula is C41H36F4N8O2. The number of carbonyl (C=O) groups is 2. The average Bonchev–Trinajstić information content (AvgIpc) is 3.16. The van der Waals surface area contributed by atoms with Crippen molar-refractivity contribution >= 4 is 46.0 Å². The fraction of sp³-hybridized carbons (Fsp3) is 0.244. The summed E-state index contributed by atoms with van der Waals surface area (Å²) in [7, 11) is 0. The molecule has 3 amide bonds. The zero-order chi connectivity index (χ0) is 38.8. The molecule has 0 saturated heterocycles. The zero-order valence-corrected chi connectivity index (χ0v) is 29.6. The van der Waals surface area contributed by atoms with Crippen LogP contribution in [0.25, 0.3) is 11.0 Å². The zero-order valence-electron chi connectivity index (χ0n) is 29.6. The number of rotatable bonds is 14. The Morgan fingerprint density at radius 1 is 0.636 bits per heavy atom. The smallest absolute Gasteiger partial charge is 0.320 e. The first-order valence-electron chi connectivity index (χ1n) is 17.6. The van der Waals surface area contributed by atoms with Crippen LogP contribution in [-0.4, -0.2) is 33.4 Å². The first-order chi connectivity index (χ1) is 26.7. The van der Waals surface area contributed by atoms with E-state index < -0.39 is 34.6 Å². The summed E-state index contributed by atoms with van der Waals surface area (Å²) in [5, 5.41) is 15.9. The molecule has 0 bridgehead atoms. The van der Waals surface area contributed by atoms with Crippen LogP contribution in [0.3, 0.4) is 0 Å². The quantitative estimate of drug-likeness (QED) is 0.0450. The summed E-state index contributed by atoms with van der Waals surface area (Å²) < 4.78 is 58.8. The van der Waals surface area contributed by atoms with Crippen LogP contribution >= 0.6 is 0 Å². The van der Waals surface area contributed by atoms with E-state index >= 15 is 0 Å². The Labute approximate surface area is 315 Å². The lowest BCUT2D eigenvalue weighted by Gasteiger charge is -2.06. The summed E-state index contributed by atoms with van der Waals surface area (Å²) in [5.74, 6) is 7.44. The van der Waals surface area contributed by atoms with Gasteiger partial charge in [0.2, 0.25) is 5.91 Å². The molecule has 2 aromatic carbocycles. The van der Waals surface area contributed by atoms with Crippen molar-refractivity contribution in [2.24, 2.45) is 10.2 Å². The molecule has 0 spiro atoms. The normalized spacial score (nSPS) is 10.7. The maximum absolute atomic E-state index is 14.7. The van der Waals surface area contributed by atoms with Gasteiger partial charge in [-0.05, 0) is 86.3 Å². The van der Waals surface area contributed by atoms with Crippen LogP contribution in [-0.2, 0) is 4.79 Å². The van der Waals surface area contributed by atoms with Gasteiger partial charge in [-0.3, -0.25) is 10.1 Å². The molecule has 0 aliphatic heterocycles. The predicted octanol–water partition coefficient (Wildman–Crippen LogP) is 9.67. The first-order valence-corrected chi connectivity index (χ1v) is 17.6. The molecule has 0 unspecified atom stereocenters. The van der Waals surface area contributed by atoms with E-state index in [-0.39, 0.29) is 23.1 Å². The topological polar surface area (TPSA) is 134 Å². The lowest BCUT2D eigenvalue weighted by molar-refractivity contribution is -0.116. The minimum Gasteiger partial charge on any atom is -0.338 e. The molecule has 10 nitrogen and oxygen atoms in total. The standard InChI is InChI=1S/C41H36F4N8O2/c42-31-24-28(14-7-3-1-5-9-18-37(54)49-36-20-19-30-16-13-23-47-40(30)50-36)25-32(43)38(31)52-53-39-33(44)26-29(27-34(39)45)15-8-4-2-6-11-22-48-41(55)51-35-17-10-12-21-46-35/h10,12-13,16-17,19-21,23-27H,1-6,9,11,18,22H2,(H2,46,48,51,55)(H,47,49,50,54). The largest absolute Gasteiger partial charge is 0.338 e. The van der Waals surface area contributed by atoms with E-state index in [1.807, 2.05) is 18.2 Å². The Morgan fingerprint density at radius 2 is 1.25 bits per heavy atom. The molecule has 0 fully saturated rings. The van der Waals surface area contributed by atoms with E-state index in [4.69, 9.17) is 0 Å². The van der Waals surface area contributed by atoms with E-state index in [2.05, 4.69) is 64.8 Å². The van der Waals surface area contributed by atoms with E-state index in [1.54, 1.807) is 36.7 Å². The van der Waals surface area contributed by atoms with Crippen molar-refractivity contribution in [1.82, 2.24) is 20.3 Å². The van der Waals surface area contributed by atoms with E-state index in [0.29, 0.717) is 75.2 Å². The Kier molecular flexibility index (Phi) is 14.8. The number of aromatic nitrogens is 3. The number of hydrogen-bond donors (Lipinski definition) is 3. The number of nitrogens with zero attached hydrogens (tertiary/aromatic N) is 5. The Hall–Kier alpha value is -6.67. The van der Waals surface area contributed by atoms with Crippen LogP contribution in [0.1, 0.15) is 68.9 Å². The highest BCUT2D eigenvalue weighted by Crippen LogP contribution is 2.29. The third-order valence-corrected chi connectivity index (χ3v) is 7.86. The maximum Gasteiger partial charge on any atom is 0.320 e.